The number of amides is 1. The Balaban J connectivity index is -0.000000219. The Hall–Kier alpha value is -2.24. The first-order valence-electron chi connectivity index (χ1n) is 4.68. The van der Waals surface area contributed by atoms with E-state index < -0.39 is 29.9 Å². The Morgan fingerprint density at radius 3 is 1.21 bits per heavy atom. The van der Waals surface area contributed by atoms with Gasteiger partial charge < -0.3 is 38.3 Å². The number of carboxylic acid groups (broad SMARTS) is 3. The summed E-state index contributed by atoms with van der Waals surface area (Å²) in [5.74, 6) is -3.85. The summed E-state index contributed by atoms with van der Waals surface area (Å²) in [5.41, 5.74) is 18.7. The number of carboxylic acids is 3. The van der Waals surface area contributed by atoms with Crippen LogP contribution in [-0.4, -0.2) is 58.3 Å². The van der Waals surface area contributed by atoms with Gasteiger partial charge in [0.25, 0.3) is 0 Å². The zero-order valence-electron chi connectivity index (χ0n) is 9.98. The Morgan fingerprint density at radius 1 is 0.895 bits per heavy atom. The highest BCUT2D eigenvalue weighted by Crippen LogP contribution is 1.84. The van der Waals surface area contributed by atoms with Gasteiger partial charge in [-0.05, 0) is 0 Å². The second-order valence-electron chi connectivity index (χ2n) is 2.81. The minimum absolute atomic E-state index is 0.278. The van der Waals surface area contributed by atoms with Crippen molar-refractivity contribution in [3.63, 3.8) is 0 Å². The highest BCUT2D eigenvalue weighted by Gasteiger charge is 2.13. The number of carbonyl (C=O) groups is 4. The van der Waals surface area contributed by atoms with Gasteiger partial charge in [0, 0.05) is 0 Å². The van der Waals surface area contributed by atoms with E-state index in [1.54, 1.807) is 0 Å². The number of rotatable bonds is 5. The maximum absolute atomic E-state index is 9.99. The molecule has 112 valence electrons. The monoisotopic (exact) mass is 282 g/mol. The Morgan fingerprint density at radius 2 is 1.16 bits per heavy atom. The minimum Gasteiger partial charge on any atom is -0.480 e. The van der Waals surface area contributed by atoms with Crippen molar-refractivity contribution >= 4 is 23.8 Å². The second kappa shape index (κ2) is 13.8. The Labute approximate surface area is 108 Å². The topological polar surface area (TPSA) is 233 Å². The van der Waals surface area contributed by atoms with E-state index in [2.05, 4.69) is 17.2 Å². The van der Waals surface area contributed by atoms with Crippen LogP contribution in [0.25, 0.3) is 0 Å². The van der Waals surface area contributed by atoms with E-state index in [0.29, 0.717) is 0 Å². The van der Waals surface area contributed by atoms with Crippen LogP contribution in [0.1, 0.15) is 6.42 Å². The predicted octanol–water partition coefficient (Wildman–Crippen LogP) is -3.67. The van der Waals surface area contributed by atoms with E-state index in [1.807, 2.05) is 0 Å². The van der Waals surface area contributed by atoms with Gasteiger partial charge in [-0.1, -0.05) is 0 Å². The SMILES string of the molecule is NC(=O)C[C@H](N)C(=O)O.NCC(=O)O.NCC(=O)O. The zero-order valence-corrected chi connectivity index (χ0v) is 9.98. The van der Waals surface area contributed by atoms with Crippen molar-refractivity contribution < 1.29 is 34.5 Å². The third-order valence-corrected chi connectivity index (χ3v) is 1.09. The largest absolute Gasteiger partial charge is 0.480 e. The van der Waals surface area contributed by atoms with Gasteiger partial charge in [0.1, 0.15) is 6.04 Å². The number of aliphatic carboxylic acids is 3. The summed E-state index contributed by atoms with van der Waals surface area (Å²) in [5, 5.41) is 23.3. The van der Waals surface area contributed by atoms with Gasteiger partial charge in [0.15, 0.2) is 0 Å². The normalized spacial score (nSPS) is 9.84. The summed E-state index contributed by atoms with van der Waals surface area (Å²) in [6.07, 6.45) is -0.310. The highest BCUT2D eigenvalue weighted by atomic mass is 16.4. The number of primary amides is 1. The molecule has 0 aliphatic heterocycles. The lowest BCUT2D eigenvalue weighted by molar-refractivity contribution is -0.140. The molecule has 0 bridgehead atoms. The van der Waals surface area contributed by atoms with Crippen LogP contribution in [0, 0.1) is 0 Å². The van der Waals surface area contributed by atoms with Crippen molar-refractivity contribution in [1.29, 1.82) is 0 Å². The van der Waals surface area contributed by atoms with Gasteiger partial charge in [-0.3, -0.25) is 19.2 Å². The molecule has 0 spiro atoms. The lowest BCUT2D eigenvalue weighted by Crippen LogP contribution is -2.34. The standard InChI is InChI=1S/C4H8N2O3.2C2H5NO2/c5-2(4(8)9)1-3(6)7;2*3-1-2(4)5/h2H,1,5H2,(H2,6,7)(H,8,9);2*1,3H2,(H,4,5)/t2-;;/m0../s1. The first kappa shape index (κ1) is 22.0. The van der Waals surface area contributed by atoms with E-state index in [4.69, 9.17) is 21.1 Å². The van der Waals surface area contributed by atoms with Crippen LogP contribution in [0.15, 0.2) is 0 Å². The van der Waals surface area contributed by atoms with Crippen molar-refractivity contribution in [3.8, 4) is 0 Å². The molecule has 11 nitrogen and oxygen atoms in total. The molecule has 0 aromatic rings. The summed E-state index contributed by atoms with van der Waals surface area (Å²) in [6.45, 7) is -0.556. The van der Waals surface area contributed by atoms with E-state index in [1.165, 1.54) is 0 Å². The third kappa shape index (κ3) is 31.3. The van der Waals surface area contributed by atoms with Crippen LogP contribution in [0.2, 0.25) is 0 Å². The summed E-state index contributed by atoms with van der Waals surface area (Å²) in [7, 11) is 0. The fourth-order valence-corrected chi connectivity index (χ4v) is 0.304. The number of hydrogen-bond donors (Lipinski definition) is 7. The number of carbonyl (C=O) groups excluding carboxylic acids is 1. The molecule has 11 heteroatoms. The summed E-state index contributed by atoms with van der Waals surface area (Å²) in [4.78, 5) is 38.4. The number of hydrogen-bond acceptors (Lipinski definition) is 7. The van der Waals surface area contributed by atoms with Crippen LogP contribution < -0.4 is 22.9 Å². The summed E-state index contributed by atoms with van der Waals surface area (Å²) in [6, 6.07) is -1.16. The minimum atomic E-state index is -1.21. The molecule has 11 N–H and O–H groups in total. The molecule has 0 aliphatic carbocycles. The van der Waals surface area contributed by atoms with Gasteiger partial charge in [0.05, 0.1) is 19.5 Å². The molecule has 0 heterocycles. The fourth-order valence-electron chi connectivity index (χ4n) is 0.304. The molecule has 0 rings (SSSR count). The van der Waals surface area contributed by atoms with Crippen molar-refractivity contribution in [2.75, 3.05) is 13.1 Å². The molecule has 1 atom stereocenters. The average molecular weight is 282 g/mol. The van der Waals surface area contributed by atoms with Crippen LogP contribution >= 0.6 is 0 Å². The Bertz CT molecular complexity index is 293. The van der Waals surface area contributed by atoms with Crippen LogP contribution in [0.5, 0.6) is 0 Å². The lowest BCUT2D eigenvalue weighted by atomic mass is 10.2. The number of nitrogens with two attached hydrogens (primary N) is 4. The van der Waals surface area contributed by atoms with Crippen molar-refractivity contribution in [1.82, 2.24) is 0 Å². The predicted molar refractivity (Wildman–Crippen MR) is 62.8 cm³/mol. The first-order valence-corrected chi connectivity index (χ1v) is 4.68. The van der Waals surface area contributed by atoms with Gasteiger partial charge in [-0.25, -0.2) is 0 Å². The van der Waals surface area contributed by atoms with E-state index in [-0.39, 0.29) is 19.5 Å². The second-order valence-corrected chi connectivity index (χ2v) is 2.81. The van der Waals surface area contributed by atoms with Crippen LogP contribution in [0.3, 0.4) is 0 Å². The molecule has 0 aliphatic rings. The van der Waals surface area contributed by atoms with Gasteiger partial charge in [-0.2, -0.15) is 0 Å². The molecule has 0 aromatic heterocycles. The summed E-state index contributed by atoms with van der Waals surface area (Å²) < 4.78 is 0. The van der Waals surface area contributed by atoms with Crippen LogP contribution in [0.4, 0.5) is 0 Å². The molecular formula is C8H18N4O7. The highest BCUT2D eigenvalue weighted by molar-refractivity contribution is 5.83. The quantitative estimate of drug-likeness (QED) is 0.261. The molecule has 0 fully saturated rings. The van der Waals surface area contributed by atoms with E-state index >= 15 is 0 Å². The molecule has 0 aromatic carbocycles. The first-order chi connectivity index (χ1) is 8.58. The zero-order chi connectivity index (χ0) is 16.0. The summed E-state index contributed by atoms with van der Waals surface area (Å²) >= 11 is 0. The van der Waals surface area contributed by atoms with Gasteiger partial charge >= 0.3 is 17.9 Å². The third-order valence-electron chi connectivity index (χ3n) is 1.09. The molecule has 0 saturated heterocycles. The van der Waals surface area contributed by atoms with Crippen LogP contribution in [-0.2, 0) is 19.2 Å². The van der Waals surface area contributed by atoms with Crippen molar-refractivity contribution in [2.45, 2.75) is 12.5 Å². The van der Waals surface area contributed by atoms with E-state index in [0.717, 1.165) is 0 Å². The van der Waals surface area contributed by atoms with Gasteiger partial charge in [-0.15, -0.1) is 0 Å². The fraction of sp³-hybridized carbons (Fsp3) is 0.500. The Kier molecular flexibility index (Phi) is 16.0. The smallest absolute Gasteiger partial charge is 0.321 e. The van der Waals surface area contributed by atoms with E-state index in [9.17, 15) is 19.2 Å². The maximum Gasteiger partial charge on any atom is 0.321 e. The molecule has 0 radical (unpaired) electrons. The molecule has 1 amide bonds. The molecule has 0 saturated carbocycles. The average Bonchev–Trinajstić information content (AvgIpc) is 2.29. The van der Waals surface area contributed by atoms with Crippen molar-refractivity contribution in [3.05, 3.63) is 0 Å². The maximum atomic E-state index is 9.99. The molecule has 0 unspecified atom stereocenters. The molecular weight excluding hydrogens is 264 g/mol. The van der Waals surface area contributed by atoms with Gasteiger partial charge in [0.2, 0.25) is 5.91 Å². The molecule has 19 heavy (non-hydrogen) atoms. The van der Waals surface area contributed by atoms with Crippen molar-refractivity contribution in [2.24, 2.45) is 22.9 Å². The lowest BCUT2D eigenvalue weighted by Gasteiger charge is -1.99.